The molecule has 1 fully saturated rings. The molecule has 0 aromatic heterocycles. The maximum atomic E-state index is 12.4. The Bertz CT molecular complexity index is 606. The minimum Gasteiger partial charge on any atom is -0.493 e. The molecule has 8 nitrogen and oxygen atoms in total. The molecule has 1 aromatic carbocycles. The van der Waals surface area contributed by atoms with Gasteiger partial charge in [0.2, 0.25) is 0 Å². The van der Waals surface area contributed by atoms with Gasteiger partial charge in [-0.25, -0.2) is 0 Å². The van der Waals surface area contributed by atoms with E-state index in [0.29, 0.717) is 12.5 Å². The van der Waals surface area contributed by atoms with Crippen molar-refractivity contribution in [2.75, 3.05) is 33.9 Å². The van der Waals surface area contributed by atoms with Gasteiger partial charge < -0.3 is 20.1 Å². The Kier molecular flexibility index (Phi) is 8.44. The summed E-state index contributed by atoms with van der Waals surface area (Å²) in [6.45, 7) is 2.48. The van der Waals surface area contributed by atoms with E-state index in [-0.39, 0.29) is 35.2 Å². The number of nitro groups is 1. The summed E-state index contributed by atoms with van der Waals surface area (Å²) in [4.78, 5) is 23.0. The van der Waals surface area contributed by atoms with Crippen LogP contribution in [0.25, 0.3) is 0 Å². The van der Waals surface area contributed by atoms with E-state index in [2.05, 4.69) is 10.6 Å². The lowest BCUT2D eigenvalue weighted by Crippen LogP contribution is -2.33. The number of nitro benzene ring substituents is 1. The highest BCUT2D eigenvalue weighted by atomic mass is 35.5. The van der Waals surface area contributed by atoms with Gasteiger partial charge in [0, 0.05) is 12.6 Å². The summed E-state index contributed by atoms with van der Waals surface area (Å²) >= 11 is 0. The number of rotatable bonds is 7. The van der Waals surface area contributed by atoms with E-state index in [1.165, 1.54) is 26.4 Å². The second-order valence-electron chi connectivity index (χ2n) is 5.74. The third-order valence-electron chi connectivity index (χ3n) is 4.18. The Morgan fingerprint density at radius 1 is 1.36 bits per heavy atom. The molecule has 25 heavy (non-hydrogen) atoms. The number of amides is 1. The van der Waals surface area contributed by atoms with E-state index < -0.39 is 10.8 Å². The third kappa shape index (κ3) is 5.47. The number of hydrogen-bond donors (Lipinski definition) is 2. The molecular weight excluding hydrogens is 350 g/mol. The number of carbonyl (C=O) groups excluding carboxylic acids is 1. The van der Waals surface area contributed by atoms with Crippen LogP contribution in [0.2, 0.25) is 0 Å². The Hall–Kier alpha value is -2.06. The van der Waals surface area contributed by atoms with Gasteiger partial charge in [0.1, 0.15) is 5.56 Å². The fourth-order valence-electron chi connectivity index (χ4n) is 2.86. The van der Waals surface area contributed by atoms with Crippen molar-refractivity contribution < 1.29 is 19.2 Å². The zero-order valence-corrected chi connectivity index (χ0v) is 15.2. The minimum absolute atomic E-state index is 0. The third-order valence-corrected chi connectivity index (χ3v) is 4.18. The van der Waals surface area contributed by atoms with Gasteiger partial charge in [0.15, 0.2) is 11.5 Å². The molecule has 2 N–H and O–H groups in total. The molecule has 1 unspecified atom stereocenters. The molecule has 1 atom stereocenters. The van der Waals surface area contributed by atoms with E-state index >= 15 is 0 Å². The van der Waals surface area contributed by atoms with Crippen molar-refractivity contribution in [3.8, 4) is 11.5 Å². The summed E-state index contributed by atoms with van der Waals surface area (Å²) < 4.78 is 10.2. The van der Waals surface area contributed by atoms with Crippen molar-refractivity contribution in [2.24, 2.45) is 5.92 Å². The predicted octanol–water partition coefficient (Wildman–Crippen LogP) is 2.15. The van der Waals surface area contributed by atoms with Crippen molar-refractivity contribution in [3.05, 3.63) is 27.8 Å². The first kappa shape index (κ1) is 21.0. The molecule has 2 rings (SSSR count). The summed E-state index contributed by atoms with van der Waals surface area (Å²) in [7, 11) is 2.81. The van der Waals surface area contributed by atoms with Crippen molar-refractivity contribution in [1.82, 2.24) is 10.6 Å². The number of nitrogens with one attached hydrogen (secondary N) is 2. The van der Waals surface area contributed by atoms with Gasteiger partial charge in [-0.2, -0.15) is 0 Å². The van der Waals surface area contributed by atoms with Crippen molar-refractivity contribution in [1.29, 1.82) is 0 Å². The highest BCUT2D eigenvalue weighted by Gasteiger charge is 2.24. The van der Waals surface area contributed by atoms with Gasteiger partial charge in [-0.1, -0.05) is 0 Å². The second kappa shape index (κ2) is 10.0. The van der Waals surface area contributed by atoms with Gasteiger partial charge in [0.25, 0.3) is 11.6 Å². The lowest BCUT2D eigenvalue weighted by molar-refractivity contribution is -0.385. The molecule has 0 radical (unpaired) electrons. The molecule has 9 heteroatoms. The highest BCUT2D eigenvalue weighted by Crippen LogP contribution is 2.34. The van der Waals surface area contributed by atoms with Crippen molar-refractivity contribution in [2.45, 2.75) is 19.3 Å². The van der Waals surface area contributed by atoms with Crippen LogP contribution in [0.15, 0.2) is 12.1 Å². The number of piperidine rings is 1. The van der Waals surface area contributed by atoms with Crippen LogP contribution in [0, 0.1) is 16.0 Å². The Balaban J connectivity index is 0.00000312. The van der Waals surface area contributed by atoms with Crippen molar-refractivity contribution in [3.63, 3.8) is 0 Å². The maximum Gasteiger partial charge on any atom is 0.286 e. The first-order valence-corrected chi connectivity index (χ1v) is 7.96. The van der Waals surface area contributed by atoms with Crippen LogP contribution >= 0.6 is 12.4 Å². The molecule has 1 aliphatic rings. The molecule has 0 spiro atoms. The first-order chi connectivity index (χ1) is 11.6. The fourth-order valence-corrected chi connectivity index (χ4v) is 2.86. The van der Waals surface area contributed by atoms with Gasteiger partial charge in [-0.15, -0.1) is 12.4 Å². The summed E-state index contributed by atoms with van der Waals surface area (Å²) in [6, 6.07) is 2.55. The Morgan fingerprint density at radius 3 is 2.60 bits per heavy atom. The van der Waals surface area contributed by atoms with E-state index in [4.69, 9.17) is 9.47 Å². The van der Waals surface area contributed by atoms with E-state index in [0.717, 1.165) is 32.4 Å². The van der Waals surface area contributed by atoms with Gasteiger partial charge >= 0.3 is 0 Å². The zero-order valence-electron chi connectivity index (χ0n) is 14.4. The van der Waals surface area contributed by atoms with Crippen LogP contribution in [-0.2, 0) is 0 Å². The van der Waals surface area contributed by atoms with E-state index in [1.807, 2.05) is 0 Å². The van der Waals surface area contributed by atoms with Crippen molar-refractivity contribution >= 4 is 24.0 Å². The Morgan fingerprint density at radius 2 is 2.04 bits per heavy atom. The van der Waals surface area contributed by atoms with Crippen LogP contribution in [0.3, 0.4) is 0 Å². The van der Waals surface area contributed by atoms with Crippen LogP contribution in [0.1, 0.15) is 29.6 Å². The first-order valence-electron chi connectivity index (χ1n) is 7.96. The molecular formula is C16H24ClN3O5. The number of nitrogens with zero attached hydrogens (tertiary/aromatic N) is 1. The monoisotopic (exact) mass is 373 g/mol. The predicted molar refractivity (Wildman–Crippen MR) is 96.0 cm³/mol. The van der Waals surface area contributed by atoms with Crippen LogP contribution in [-0.4, -0.2) is 44.7 Å². The lowest BCUT2D eigenvalue weighted by atomic mass is 9.96. The van der Waals surface area contributed by atoms with Gasteiger partial charge in [0.05, 0.1) is 25.2 Å². The number of methoxy groups -OCH3 is 2. The summed E-state index contributed by atoms with van der Waals surface area (Å²) in [5.74, 6) is 0.546. The lowest BCUT2D eigenvalue weighted by Gasteiger charge is -2.22. The zero-order chi connectivity index (χ0) is 17.5. The van der Waals surface area contributed by atoms with Crippen LogP contribution in [0.5, 0.6) is 11.5 Å². The summed E-state index contributed by atoms with van der Waals surface area (Å²) in [5.41, 5.74) is -0.330. The van der Waals surface area contributed by atoms with Crippen LogP contribution < -0.4 is 20.1 Å². The molecule has 1 heterocycles. The highest BCUT2D eigenvalue weighted by molar-refractivity contribution is 5.99. The maximum absolute atomic E-state index is 12.4. The topological polar surface area (TPSA) is 103 Å². The standard InChI is InChI=1S/C16H23N3O5.ClH/c1-23-14-8-12(13(19(21)22)9-15(14)24-2)16(20)18-7-5-11-4-3-6-17-10-11;/h8-9,11,17H,3-7,10H2,1-2H3,(H,18,20);1H. The number of carbonyl (C=O) groups is 1. The minimum atomic E-state index is -0.595. The Labute approximate surface area is 152 Å². The SMILES string of the molecule is COc1cc(C(=O)NCCC2CCCNC2)c([N+](=O)[O-])cc1OC.Cl. The number of ether oxygens (including phenoxy) is 2. The van der Waals surface area contributed by atoms with E-state index in [9.17, 15) is 14.9 Å². The largest absolute Gasteiger partial charge is 0.493 e. The summed E-state index contributed by atoms with van der Waals surface area (Å²) in [5, 5.41) is 17.3. The number of benzene rings is 1. The molecule has 1 aromatic rings. The molecule has 1 aliphatic heterocycles. The average molecular weight is 374 g/mol. The summed E-state index contributed by atoms with van der Waals surface area (Å²) in [6.07, 6.45) is 3.12. The molecule has 0 bridgehead atoms. The average Bonchev–Trinajstić information content (AvgIpc) is 2.61. The molecule has 0 saturated carbocycles. The smallest absolute Gasteiger partial charge is 0.286 e. The normalized spacial score (nSPS) is 16.5. The number of halogens is 1. The molecule has 0 aliphatic carbocycles. The second-order valence-corrected chi connectivity index (χ2v) is 5.74. The molecule has 1 saturated heterocycles. The quantitative estimate of drug-likeness (QED) is 0.560. The number of hydrogen-bond acceptors (Lipinski definition) is 6. The van der Waals surface area contributed by atoms with Gasteiger partial charge in [-0.05, 0) is 38.3 Å². The van der Waals surface area contributed by atoms with Crippen LogP contribution in [0.4, 0.5) is 5.69 Å². The molecule has 140 valence electrons. The van der Waals surface area contributed by atoms with Gasteiger partial charge in [-0.3, -0.25) is 14.9 Å². The fraction of sp³-hybridized carbons (Fsp3) is 0.562. The molecule has 1 amide bonds. The van der Waals surface area contributed by atoms with E-state index in [1.54, 1.807) is 0 Å².